The van der Waals surface area contributed by atoms with E-state index in [2.05, 4.69) is 56.4 Å². The fourth-order valence-electron chi connectivity index (χ4n) is 10.9. The molecule has 616 valence electrons. The van der Waals surface area contributed by atoms with Crippen molar-refractivity contribution >= 4 is 67.9 Å². The zero-order chi connectivity index (χ0) is 86.0. The van der Waals surface area contributed by atoms with Crippen LogP contribution in [0, 0.1) is 20.8 Å². The highest BCUT2D eigenvalue weighted by Gasteiger charge is 2.31. The molecule has 0 radical (unpaired) electrons. The van der Waals surface area contributed by atoms with E-state index in [0.29, 0.717) is 86.6 Å². The van der Waals surface area contributed by atoms with Crippen molar-refractivity contribution in [3.8, 4) is 0 Å². The van der Waals surface area contributed by atoms with Crippen LogP contribution in [0.2, 0.25) is 0 Å². The molecule has 0 unspecified atom stereocenters. The predicted octanol–water partition coefficient (Wildman–Crippen LogP) is 22.6. The number of oxime groups is 4. The molecule has 0 fully saturated rings. The molecule has 0 saturated carbocycles. The number of carbonyl (C=O) groups is 3. The maximum Gasteiger partial charge on any atom is 0.425 e. The maximum atomic E-state index is 12.5. The van der Waals surface area contributed by atoms with Crippen molar-refractivity contribution in [3.05, 3.63) is 416 Å². The highest BCUT2D eigenvalue weighted by atomic mass is 79.9. The Balaban J connectivity index is 0.000000203. The second kappa shape index (κ2) is 48.2. The van der Waals surface area contributed by atoms with Crippen LogP contribution in [0.4, 0.5) is 50.9 Å². The molecule has 6 N–H and O–H groups in total. The average molecular weight is 1690 g/mol. The zero-order valence-electron chi connectivity index (χ0n) is 64.9. The summed E-state index contributed by atoms with van der Waals surface area (Å²) in [7, 11) is 0. The fourth-order valence-corrected chi connectivity index (χ4v) is 11.3. The Hall–Kier alpha value is -13.4. The number of aliphatic carboxylic acids is 2. The number of nitrogen functional groups attached to an aromatic ring is 1. The summed E-state index contributed by atoms with van der Waals surface area (Å²) in [6.45, 7) is 2.10. The van der Waals surface area contributed by atoms with Gasteiger partial charge in [-0.2, -0.15) is 39.5 Å². The molecule has 15 nitrogen and oxygen atoms in total. The van der Waals surface area contributed by atoms with Gasteiger partial charge in [0.2, 0.25) is 19.8 Å². The van der Waals surface area contributed by atoms with Crippen LogP contribution in [-0.2, 0) is 48.8 Å². The summed E-state index contributed by atoms with van der Waals surface area (Å²) in [6.07, 6.45) is -12.0. The minimum absolute atomic E-state index is 0.0809. The zero-order valence-corrected chi connectivity index (χ0v) is 66.5. The Labute approximate surface area is 692 Å². The number of alkyl halides is 10. The van der Waals surface area contributed by atoms with Crippen molar-refractivity contribution in [2.45, 2.75) is 76.9 Å². The third kappa shape index (κ3) is 35.3. The number of halogens is 10. The molecule has 0 aliphatic carbocycles. The van der Waals surface area contributed by atoms with E-state index in [-0.39, 0.29) is 18.6 Å². The van der Waals surface area contributed by atoms with Crippen LogP contribution in [-0.4, -0.2) is 94.3 Å². The standard InChI is InChI=1S/C25H23F3N2O3.C16H13BrF3NO.C16H14F3NO.C14H13NO.C14H12O.C9H11NO2/c26-25(27,28)17-33-30-24(20-6-2-1-3-7-20)21-8-4-5-19(15-21)16-29-22-12-9-18(10-13-22)11-14-23(31)32;17-10-12-5-4-8-14(9-12)15(13-6-2-1-3-7-13)21-22-11-16(18,19)20;1-12-6-5-9-14(10-12)15(13-7-3-2-4-8-13)20-21-11-16(17,18)19;1-11-6-5-9-13(10-11)14(15-16)12-7-3-2-4-8-12;1-11-6-5-9-13(10-11)14(15)12-7-3-2-4-8-12;10-8-4-1-7(2-5-8)3-6-9(11)12/h1-10,12-13,15,29H,11,14,16-17H2,(H,31,32);1-9H,10-11H2;2-10H,11H2,1H3;2-10,16H,1H3;2-10H,1H3;1-2,4-5H,3,6,10H2,(H,11,12)/b30-24-;21-15-;20-15-;15-14-;;. The Morgan fingerprint density at radius 3 is 0.992 bits per heavy atom. The first-order valence-corrected chi connectivity index (χ1v) is 38.0. The van der Waals surface area contributed by atoms with Crippen LogP contribution in [0.3, 0.4) is 0 Å². The van der Waals surface area contributed by atoms with Crippen molar-refractivity contribution in [3.63, 3.8) is 0 Å². The Bertz CT molecular complexity index is 5240. The Morgan fingerprint density at radius 1 is 0.353 bits per heavy atom. The smallest absolute Gasteiger partial charge is 0.425 e. The molecule has 0 atom stereocenters. The third-order valence-corrected chi connectivity index (χ3v) is 17.2. The summed E-state index contributed by atoms with van der Waals surface area (Å²) in [5.41, 5.74) is 23.2. The first-order valence-electron chi connectivity index (χ1n) is 36.9. The van der Waals surface area contributed by atoms with Crippen LogP contribution in [0.1, 0.15) is 112 Å². The second-order valence-corrected chi connectivity index (χ2v) is 26.9. The number of carboxylic acids is 2. The minimum atomic E-state index is -4.47. The number of hydrogen-bond donors (Lipinski definition) is 5. The number of benzene rings is 12. The van der Waals surface area contributed by atoms with Gasteiger partial charge in [-0.25, -0.2) is 0 Å². The van der Waals surface area contributed by atoms with Crippen LogP contribution in [0.25, 0.3) is 0 Å². The van der Waals surface area contributed by atoms with Crippen LogP contribution < -0.4 is 11.1 Å². The number of carboxylic acid groups (broad SMARTS) is 2. The van der Waals surface area contributed by atoms with E-state index in [1.807, 2.05) is 239 Å². The molecule has 0 aliphatic heterocycles. The van der Waals surface area contributed by atoms with Gasteiger partial charge in [-0.1, -0.05) is 320 Å². The summed E-state index contributed by atoms with van der Waals surface area (Å²) in [4.78, 5) is 46.5. The van der Waals surface area contributed by atoms with E-state index in [1.54, 1.807) is 103 Å². The van der Waals surface area contributed by atoms with E-state index >= 15 is 0 Å². The fraction of sp³-hybridized carbons (Fsp3) is 0.160. The lowest BCUT2D eigenvalue weighted by molar-refractivity contribution is -0.174. The summed E-state index contributed by atoms with van der Waals surface area (Å²) in [5.74, 6) is -1.52. The lowest BCUT2D eigenvalue weighted by atomic mass is 10.0. The number of aryl methyl sites for hydroxylation is 5. The quantitative estimate of drug-likeness (QED) is 0.00652. The summed E-state index contributed by atoms with van der Waals surface area (Å²) < 4.78 is 111. The first kappa shape index (κ1) is 92.7. The molecule has 0 aliphatic rings. The summed E-state index contributed by atoms with van der Waals surface area (Å²) in [5, 5.41) is 44.8. The number of nitrogens with one attached hydrogen (secondary N) is 1. The van der Waals surface area contributed by atoms with Gasteiger partial charge in [-0.15, -0.1) is 0 Å². The van der Waals surface area contributed by atoms with Crippen LogP contribution >= 0.6 is 15.9 Å². The molecule has 12 aromatic rings. The Morgan fingerprint density at radius 2 is 0.647 bits per heavy atom. The molecule has 119 heavy (non-hydrogen) atoms. The van der Waals surface area contributed by atoms with Gasteiger partial charge >= 0.3 is 30.5 Å². The van der Waals surface area contributed by atoms with E-state index in [0.717, 1.165) is 66.9 Å². The molecule has 25 heteroatoms. The lowest BCUT2D eigenvalue weighted by Crippen LogP contribution is -2.16. The van der Waals surface area contributed by atoms with Crippen molar-refractivity contribution in [2.75, 3.05) is 30.9 Å². The number of nitrogens with two attached hydrogens (primary N) is 1. The predicted molar refractivity (Wildman–Crippen MR) is 452 cm³/mol. The largest absolute Gasteiger partial charge is 0.481 e. The minimum Gasteiger partial charge on any atom is -0.481 e. The highest BCUT2D eigenvalue weighted by molar-refractivity contribution is 9.08. The normalized spacial score (nSPS) is 11.5. The molecule has 0 heterocycles. The maximum absolute atomic E-state index is 12.5. The monoisotopic (exact) mass is 1690 g/mol. The molecule has 0 aromatic heterocycles. The average Bonchev–Trinajstić information content (AvgIpc) is 0.844. The third-order valence-electron chi connectivity index (χ3n) is 16.6. The van der Waals surface area contributed by atoms with Gasteiger partial charge in [0, 0.05) is 91.7 Å². The van der Waals surface area contributed by atoms with Crippen molar-refractivity contribution < 1.29 is 83.8 Å². The number of carbonyl (C=O) groups excluding carboxylic acids is 1. The molecule has 0 amide bonds. The van der Waals surface area contributed by atoms with Crippen LogP contribution in [0.15, 0.2) is 342 Å². The van der Waals surface area contributed by atoms with Crippen molar-refractivity contribution in [2.24, 2.45) is 20.6 Å². The molecule has 0 spiro atoms. The van der Waals surface area contributed by atoms with Gasteiger partial charge in [0.15, 0.2) is 5.78 Å². The summed E-state index contributed by atoms with van der Waals surface area (Å²) in [6, 6.07) is 98.2. The van der Waals surface area contributed by atoms with Gasteiger partial charge in [0.05, 0.1) is 0 Å². The number of hydrogen-bond acceptors (Lipinski definition) is 13. The van der Waals surface area contributed by atoms with E-state index < -0.39 is 50.3 Å². The van der Waals surface area contributed by atoms with Gasteiger partial charge < -0.3 is 41.0 Å². The van der Waals surface area contributed by atoms with E-state index in [4.69, 9.17) is 21.2 Å². The SMILES string of the molecule is Cc1cccc(/C(=N\O)c2ccccc2)c1.Cc1cccc(/C(=N\OCC(F)(F)F)c2ccccc2)c1.Cc1cccc(C(=O)c2ccccc2)c1.FC(F)(F)CO/N=C(/c1ccccc1)c1cccc(CBr)c1.Nc1ccc(CCC(=O)O)cc1.O=C(O)CCc1ccc(NCc2cccc(/C(=N\OCC(F)(F)F)c3ccccc3)c2)cc1. The number of rotatable bonds is 26. The van der Waals surface area contributed by atoms with Gasteiger partial charge in [-0.05, 0) is 110 Å². The number of anilines is 2. The van der Waals surface area contributed by atoms with Crippen LogP contribution in [0.5, 0.6) is 0 Å². The van der Waals surface area contributed by atoms with E-state index in [9.17, 15) is 53.9 Å². The molecular weight excluding hydrogens is 1610 g/mol. The highest BCUT2D eigenvalue weighted by Crippen LogP contribution is 2.24. The first-order chi connectivity index (χ1) is 57.0. The molecule has 12 aromatic carbocycles. The molecule has 12 rings (SSSR count). The number of nitrogens with zero attached hydrogens (tertiary/aromatic N) is 4. The molecule has 0 bridgehead atoms. The van der Waals surface area contributed by atoms with E-state index in [1.165, 1.54) is 0 Å². The van der Waals surface area contributed by atoms with Gasteiger partial charge in [0.25, 0.3) is 0 Å². The second-order valence-electron chi connectivity index (χ2n) is 26.3. The molecular formula is C94H86BrF9N6O9. The Kier molecular flexibility index (Phi) is 37.6. The topological polar surface area (TPSA) is 227 Å². The van der Waals surface area contributed by atoms with Gasteiger partial charge in [0.1, 0.15) is 22.8 Å². The number of ketones is 1. The van der Waals surface area contributed by atoms with Crippen molar-refractivity contribution in [1.82, 2.24) is 0 Å². The lowest BCUT2D eigenvalue weighted by Gasteiger charge is -2.11. The van der Waals surface area contributed by atoms with Crippen molar-refractivity contribution in [1.29, 1.82) is 0 Å². The van der Waals surface area contributed by atoms with Gasteiger partial charge in [-0.3, -0.25) is 14.4 Å². The molecule has 0 saturated heterocycles. The summed E-state index contributed by atoms with van der Waals surface area (Å²) >= 11 is 3.36.